The van der Waals surface area contributed by atoms with Gasteiger partial charge in [0.2, 0.25) is 0 Å². The predicted molar refractivity (Wildman–Crippen MR) is 292 cm³/mol. The maximum absolute atomic E-state index is 12.8. The molecule has 6 nitrogen and oxygen atoms in total. The molecule has 0 heterocycles. The highest BCUT2D eigenvalue weighted by Gasteiger charge is 2.19. The zero-order chi connectivity index (χ0) is 49.3. The molecule has 0 aliphatic heterocycles. The lowest BCUT2D eigenvalue weighted by Crippen LogP contribution is -2.30. The normalized spacial score (nSPS) is 13.5. The molecule has 0 rings (SSSR count). The lowest BCUT2D eigenvalue weighted by Gasteiger charge is -2.18. The number of esters is 3. The van der Waals surface area contributed by atoms with Crippen LogP contribution in [-0.4, -0.2) is 37.2 Å². The van der Waals surface area contributed by atoms with Crippen LogP contribution in [0, 0.1) is 0 Å². The Kier molecular flexibility index (Phi) is 50.2. The monoisotopic (exact) mass is 933 g/mol. The molecule has 0 aliphatic rings. The van der Waals surface area contributed by atoms with E-state index in [4.69, 9.17) is 14.2 Å². The van der Waals surface area contributed by atoms with E-state index in [1.807, 2.05) is 79.0 Å². The Morgan fingerprint density at radius 1 is 0.309 bits per heavy atom. The third-order valence-electron chi connectivity index (χ3n) is 10.3. The van der Waals surface area contributed by atoms with E-state index in [0.29, 0.717) is 12.8 Å². The highest BCUT2D eigenvalue weighted by molar-refractivity contribution is 5.71. The van der Waals surface area contributed by atoms with Crippen LogP contribution in [0.5, 0.6) is 0 Å². The first kappa shape index (κ1) is 62.8. The summed E-state index contributed by atoms with van der Waals surface area (Å²) in [4.78, 5) is 38.0. The molecule has 0 aliphatic carbocycles. The van der Waals surface area contributed by atoms with Crippen molar-refractivity contribution in [3.05, 3.63) is 170 Å². The number of ether oxygens (including phenoxy) is 3. The molecule has 1 atom stereocenters. The molecule has 376 valence electrons. The van der Waals surface area contributed by atoms with Crippen LogP contribution in [0.25, 0.3) is 0 Å². The second-order valence-electron chi connectivity index (χ2n) is 16.7. The van der Waals surface area contributed by atoms with Gasteiger partial charge in [0.15, 0.2) is 6.10 Å². The van der Waals surface area contributed by atoms with E-state index < -0.39 is 6.10 Å². The van der Waals surface area contributed by atoms with Crippen LogP contribution in [0.15, 0.2) is 170 Å². The van der Waals surface area contributed by atoms with Gasteiger partial charge in [0, 0.05) is 19.3 Å². The number of hydrogen-bond donors (Lipinski definition) is 0. The van der Waals surface area contributed by atoms with E-state index in [-0.39, 0.29) is 44.0 Å². The van der Waals surface area contributed by atoms with Gasteiger partial charge < -0.3 is 14.2 Å². The molecule has 1 unspecified atom stereocenters. The maximum atomic E-state index is 12.8. The highest BCUT2D eigenvalue weighted by Crippen LogP contribution is 2.12. The van der Waals surface area contributed by atoms with E-state index in [9.17, 15) is 14.4 Å². The summed E-state index contributed by atoms with van der Waals surface area (Å²) in [7, 11) is 0. The van der Waals surface area contributed by atoms with Crippen LogP contribution >= 0.6 is 0 Å². The zero-order valence-electron chi connectivity index (χ0n) is 42.8. The van der Waals surface area contributed by atoms with Crippen molar-refractivity contribution in [2.24, 2.45) is 0 Å². The van der Waals surface area contributed by atoms with Crippen molar-refractivity contribution in [3.63, 3.8) is 0 Å². The van der Waals surface area contributed by atoms with Gasteiger partial charge in [-0.3, -0.25) is 14.4 Å². The minimum atomic E-state index is -0.828. The second-order valence-corrected chi connectivity index (χ2v) is 16.7. The standard InChI is InChI=1S/C62H92O6/c1-4-7-10-13-16-19-22-25-27-29-31-33-34-37-40-43-46-49-52-55-61(64)67-58-59(57-66-60(63)54-51-48-45-42-39-36-24-21-18-15-12-9-6-3)68-62(65)56-53-50-47-44-41-38-35-32-30-28-26-23-20-17-14-11-8-5-2/h7,9-10,12-13,15-35,37,40,59H,4-6,8,11,14,36,38-39,41-58H2,1-3H3/b10-7+,12-9+,16-13+,18-15+,20-17+,22-19+,24-21+,26-23+,27-25+,30-28+,31-29+,34-33+,35-32+,40-37+. The molecule has 0 aromatic rings. The summed E-state index contributed by atoms with van der Waals surface area (Å²) < 4.78 is 16.7. The van der Waals surface area contributed by atoms with Crippen LogP contribution in [0.2, 0.25) is 0 Å². The van der Waals surface area contributed by atoms with Gasteiger partial charge in [-0.2, -0.15) is 0 Å². The molecule has 68 heavy (non-hydrogen) atoms. The van der Waals surface area contributed by atoms with Crippen LogP contribution in [-0.2, 0) is 28.6 Å². The zero-order valence-corrected chi connectivity index (χ0v) is 42.8. The Hall–Kier alpha value is -5.23. The van der Waals surface area contributed by atoms with Crippen molar-refractivity contribution in [1.29, 1.82) is 0 Å². The Balaban J connectivity index is 4.62. The molecule has 0 fully saturated rings. The molecule has 0 N–H and O–H groups in total. The summed E-state index contributed by atoms with van der Waals surface area (Å²) in [5.74, 6) is -1.03. The highest BCUT2D eigenvalue weighted by atomic mass is 16.6. The molecule has 0 amide bonds. The van der Waals surface area contributed by atoms with Gasteiger partial charge in [0.05, 0.1) is 0 Å². The summed E-state index contributed by atoms with van der Waals surface area (Å²) in [6.45, 7) is 6.21. The van der Waals surface area contributed by atoms with Gasteiger partial charge in [0.25, 0.3) is 0 Å². The van der Waals surface area contributed by atoms with Crippen molar-refractivity contribution < 1.29 is 28.6 Å². The first-order valence-corrected chi connectivity index (χ1v) is 26.3. The Labute approximate surface area is 415 Å². The van der Waals surface area contributed by atoms with Gasteiger partial charge in [-0.05, 0) is 83.5 Å². The number of carbonyl (C=O) groups excluding carboxylic acids is 3. The lowest BCUT2D eigenvalue weighted by molar-refractivity contribution is -0.167. The summed E-state index contributed by atoms with van der Waals surface area (Å²) in [5, 5.41) is 0. The number of carbonyl (C=O) groups is 3. The van der Waals surface area contributed by atoms with E-state index in [1.165, 1.54) is 19.3 Å². The van der Waals surface area contributed by atoms with E-state index in [1.54, 1.807) is 0 Å². The molecule has 0 saturated carbocycles. The van der Waals surface area contributed by atoms with Crippen LogP contribution in [0.3, 0.4) is 0 Å². The minimum Gasteiger partial charge on any atom is -0.462 e. The van der Waals surface area contributed by atoms with Gasteiger partial charge in [0.1, 0.15) is 13.2 Å². The summed E-state index contributed by atoms with van der Waals surface area (Å²) in [6.07, 6.45) is 80.4. The van der Waals surface area contributed by atoms with Crippen molar-refractivity contribution in [2.45, 2.75) is 187 Å². The smallest absolute Gasteiger partial charge is 0.306 e. The average Bonchev–Trinajstić information content (AvgIpc) is 3.34. The molecular weight excluding hydrogens is 841 g/mol. The first-order chi connectivity index (χ1) is 33.5. The second kappa shape index (κ2) is 54.4. The molecule has 0 radical (unpaired) electrons. The molecule has 0 spiro atoms. The third-order valence-corrected chi connectivity index (χ3v) is 10.3. The Morgan fingerprint density at radius 3 is 0.912 bits per heavy atom. The van der Waals surface area contributed by atoms with Crippen molar-refractivity contribution in [2.75, 3.05) is 13.2 Å². The largest absolute Gasteiger partial charge is 0.462 e. The third kappa shape index (κ3) is 51.7. The van der Waals surface area contributed by atoms with Gasteiger partial charge in [-0.1, -0.05) is 249 Å². The summed E-state index contributed by atoms with van der Waals surface area (Å²) in [6, 6.07) is 0. The predicted octanol–water partition coefficient (Wildman–Crippen LogP) is 17.6. The lowest BCUT2D eigenvalue weighted by atomic mass is 10.1. The van der Waals surface area contributed by atoms with E-state index in [0.717, 1.165) is 116 Å². The maximum Gasteiger partial charge on any atom is 0.306 e. The SMILES string of the molecule is CC/C=C/C=C/C=C/C=C/C=C/C=C/C=C/CCCCCC(=O)OCC(COC(=O)CCCCCCC/C=C/C=C/C=C/CC)OC(=O)CCCCCCC/C=C/C=C/C=C/C=C/CCCCC. The quantitative estimate of drug-likeness (QED) is 0.0262. The molecule has 0 saturated heterocycles. The van der Waals surface area contributed by atoms with Gasteiger partial charge in [-0.25, -0.2) is 0 Å². The number of allylic oxidation sites excluding steroid dienone is 28. The van der Waals surface area contributed by atoms with Crippen LogP contribution in [0.1, 0.15) is 181 Å². The summed E-state index contributed by atoms with van der Waals surface area (Å²) in [5.41, 5.74) is 0. The molecule has 0 aromatic carbocycles. The molecular formula is C62H92O6. The molecule has 6 heteroatoms. The van der Waals surface area contributed by atoms with Crippen LogP contribution in [0.4, 0.5) is 0 Å². The fourth-order valence-electron chi connectivity index (χ4n) is 6.38. The topological polar surface area (TPSA) is 78.9 Å². The number of unbranched alkanes of at least 4 members (excludes halogenated alkanes) is 16. The van der Waals surface area contributed by atoms with Crippen molar-refractivity contribution >= 4 is 17.9 Å². The Bertz CT molecular complexity index is 1640. The molecule has 0 bridgehead atoms. The molecule has 0 aromatic heterocycles. The summed E-state index contributed by atoms with van der Waals surface area (Å²) >= 11 is 0. The Morgan fingerprint density at radius 2 is 0.574 bits per heavy atom. The van der Waals surface area contributed by atoms with Gasteiger partial charge >= 0.3 is 17.9 Å². The van der Waals surface area contributed by atoms with E-state index >= 15 is 0 Å². The minimum absolute atomic E-state index is 0.123. The average molecular weight is 933 g/mol. The fraction of sp³-hybridized carbons (Fsp3) is 0.500. The van der Waals surface area contributed by atoms with Crippen molar-refractivity contribution in [1.82, 2.24) is 0 Å². The van der Waals surface area contributed by atoms with Crippen molar-refractivity contribution in [3.8, 4) is 0 Å². The number of rotatable bonds is 44. The number of hydrogen-bond acceptors (Lipinski definition) is 6. The van der Waals surface area contributed by atoms with E-state index in [2.05, 4.69) is 112 Å². The van der Waals surface area contributed by atoms with Crippen LogP contribution < -0.4 is 0 Å². The first-order valence-electron chi connectivity index (χ1n) is 26.3. The van der Waals surface area contributed by atoms with Gasteiger partial charge in [-0.15, -0.1) is 0 Å². The fourth-order valence-corrected chi connectivity index (χ4v) is 6.38.